The minimum absolute atomic E-state index is 0.0861. The summed E-state index contributed by atoms with van der Waals surface area (Å²) in [6.45, 7) is 2.02. The van der Waals surface area contributed by atoms with Crippen molar-refractivity contribution < 1.29 is 13.5 Å². The van der Waals surface area contributed by atoms with E-state index < -0.39 is 10.0 Å². The Morgan fingerprint density at radius 3 is 2.55 bits per heavy atom. The van der Waals surface area contributed by atoms with E-state index in [9.17, 15) is 13.5 Å². The molecule has 3 rings (SSSR count). The Balaban J connectivity index is 2.15. The lowest BCUT2D eigenvalue weighted by Crippen LogP contribution is -2.30. The van der Waals surface area contributed by atoms with Crippen molar-refractivity contribution in [2.24, 2.45) is 0 Å². The minimum Gasteiger partial charge on any atom is -0.508 e. The number of rotatable bonds is 4. The second kappa shape index (κ2) is 5.54. The van der Waals surface area contributed by atoms with Crippen LogP contribution in [0, 0.1) is 0 Å². The summed E-state index contributed by atoms with van der Waals surface area (Å²) in [4.78, 5) is 0.133. The van der Waals surface area contributed by atoms with Crippen LogP contribution in [0.4, 0.5) is 5.69 Å². The summed E-state index contributed by atoms with van der Waals surface area (Å²) in [6, 6.07) is 11.0. The molecule has 6 nitrogen and oxygen atoms in total. The van der Waals surface area contributed by atoms with Gasteiger partial charge in [-0.25, -0.2) is 8.42 Å². The second-order valence-electron chi connectivity index (χ2n) is 4.57. The quantitative estimate of drug-likeness (QED) is 0.792. The molecule has 0 saturated heterocycles. The first kappa shape index (κ1) is 14.7. The average molecular weight is 335 g/mol. The summed E-state index contributed by atoms with van der Waals surface area (Å²) in [5, 5.41) is 9.36. The van der Waals surface area contributed by atoms with Gasteiger partial charge in [0.15, 0.2) is 0 Å². The summed E-state index contributed by atoms with van der Waals surface area (Å²) in [6.07, 6.45) is 0. The van der Waals surface area contributed by atoms with E-state index in [1.54, 1.807) is 31.2 Å². The number of aromatic nitrogens is 2. The third-order valence-corrected chi connectivity index (χ3v) is 5.72. The summed E-state index contributed by atoms with van der Waals surface area (Å²) in [5.41, 5.74) is 1.43. The van der Waals surface area contributed by atoms with Gasteiger partial charge in [0.25, 0.3) is 10.0 Å². The van der Waals surface area contributed by atoms with Crippen LogP contribution < -0.4 is 4.31 Å². The summed E-state index contributed by atoms with van der Waals surface area (Å²) >= 11 is 0.984. The average Bonchev–Trinajstić information content (AvgIpc) is 2.98. The van der Waals surface area contributed by atoms with Crippen molar-refractivity contribution in [3.63, 3.8) is 0 Å². The van der Waals surface area contributed by atoms with E-state index >= 15 is 0 Å². The maximum Gasteiger partial charge on any atom is 0.266 e. The Kier molecular flexibility index (Phi) is 3.71. The predicted octanol–water partition coefficient (Wildman–Crippen LogP) is 2.61. The van der Waals surface area contributed by atoms with Gasteiger partial charge in [-0.15, -0.1) is 0 Å². The number of phenolic OH excluding ortho intramolecular Hbond substituents is 1. The molecule has 0 bridgehead atoms. The van der Waals surface area contributed by atoms with Crippen molar-refractivity contribution in [2.45, 2.75) is 11.8 Å². The van der Waals surface area contributed by atoms with E-state index in [0.717, 1.165) is 11.7 Å². The Bertz CT molecular complexity index is 904. The van der Waals surface area contributed by atoms with Crippen LogP contribution in [0.2, 0.25) is 0 Å². The fourth-order valence-electron chi connectivity index (χ4n) is 2.22. The van der Waals surface area contributed by atoms with Crippen molar-refractivity contribution in [3.8, 4) is 5.75 Å². The van der Waals surface area contributed by atoms with Crippen molar-refractivity contribution >= 4 is 38.5 Å². The third kappa shape index (κ3) is 2.40. The van der Waals surface area contributed by atoms with Crippen LogP contribution in [0.1, 0.15) is 6.92 Å². The highest BCUT2D eigenvalue weighted by molar-refractivity contribution is 7.93. The molecule has 1 heterocycles. The smallest absolute Gasteiger partial charge is 0.266 e. The number of hydrogen-bond acceptors (Lipinski definition) is 6. The van der Waals surface area contributed by atoms with Gasteiger partial charge in [0.05, 0.1) is 17.4 Å². The molecule has 0 unspecified atom stereocenters. The second-order valence-corrected chi connectivity index (χ2v) is 6.93. The van der Waals surface area contributed by atoms with Gasteiger partial charge in [-0.3, -0.25) is 4.31 Å². The molecular formula is C14H13N3O3S2. The third-order valence-electron chi connectivity index (χ3n) is 3.24. The molecule has 0 radical (unpaired) electrons. The monoisotopic (exact) mass is 335 g/mol. The molecule has 0 atom stereocenters. The lowest BCUT2D eigenvalue weighted by atomic mass is 10.3. The van der Waals surface area contributed by atoms with Crippen molar-refractivity contribution in [3.05, 3.63) is 42.5 Å². The summed E-state index contributed by atoms with van der Waals surface area (Å²) in [5.74, 6) is 0.0861. The molecule has 22 heavy (non-hydrogen) atoms. The summed E-state index contributed by atoms with van der Waals surface area (Å²) < 4.78 is 35.4. The number of benzene rings is 2. The molecule has 1 aromatic heterocycles. The number of anilines is 1. The van der Waals surface area contributed by atoms with E-state index in [-0.39, 0.29) is 17.2 Å². The molecule has 114 valence electrons. The first-order chi connectivity index (χ1) is 10.5. The molecule has 0 aliphatic rings. The largest absolute Gasteiger partial charge is 0.508 e. The topological polar surface area (TPSA) is 83.4 Å². The van der Waals surface area contributed by atoms with Gasteiger partial charge < -0.3 is 5.11 Å². The number of hydrogen-bond donors (Lipinski definition) is 1. The number of phenols is 1. The van der Waals surface area contributed by atoms with E-state index in [0.29, 0.717) is 16.7 Å². The van der Waals surface area contributed by atoms with Crippen LogP contribution in [0.3, 0.4) is 0 Å². The van der Waals surface area contributed by atoms with Crippen LogP contribution in [0.5, 0.6) is 5.75 Å². The van der Waals surface area contributed by atoms with Crippen LogP contribution in [0.15, 0.2) is 47.4 Å². The summed E-state index contributed by atoms with van der Waals surface area (Å²) in [7, 11) is -3.76. The zero-order chi connectivity index (χ0) is 15.7. The molecular weight excluding hydrogens is 322 g/mol. The Morgan fingerprint density at radius 1 is 1.14 bits per heavy atom. The predicted molar refractivity (Wildman–Crippen MR) is 85.7 cm³/mol. The Labute approximate surface area is 132 Å². The molecule has 8 heteroatoms. The fraction of sp³-hybridized carbons (Fsp3) is 0.143. The molecule has 0 aliphatic carbocycles. The molecule has 0 spiro atoms. The van der Waals surface area contributed by atoms with E-state index in [2.05, 4.69) is 8.75 Å². The molecule has 2 aromatic carbocycles. The minimum atomic E-state index is -3.76. The molecule has 0 fully saturated rings. The Morgan fingerprint density at radius 2 is 1.86 bits per heavy atom. The maximum atomic E-state index is 13.0. The number of nitrogens with zero attached hydrogens (tertiary/aromatic N) is 3. The van der Waals surface area contributed by atoms with Crippen LogP contribution in [-0.4, -0.2) is 28.8 Å². The molecule has 3 aromatic rings. The van der Waals surface area contributed by atoms with Gasteiger partial charge in [0.1, 0.15) is 21.7 Å². The van der Waals surface area contributed by atoms with Crippen molar-refractivity contribution in [2.75, 3.05) is 10.8 Å². The molecule has 0 saturated carbocycles. The highest BCUT2D eigenvalue weighted by Crippen LogP contribution is 2.28. The van der Waals surface area contributed by atoms with Crippen molar-refractivity contribution in [1.29, 1.82) is 0 Å². The molecule has 1 N–H and O–H groups in total. The van der Waals surface area contributed by atoms with Crippen LogP contribution >= 0.6 is 11.7 Å². The molecule has 0 amide bonds. The highest BCUT2D eigenvalue weighted by atomic mass is 32.2. The molecule has 0 aliphatic heterocycles. The first-order valence-electron chi connectivity index (χ1n) is 6.57. The fourth-order valence-corrected chi connectivity index (χ4v) is 4.45. The zero-order valence-corrected chi connectivity index (χ0v) is 13.3. The normalized spacial score (nSPS) is 11.7. The first-order valence-corrected chi connectivity index (χ1v) is 8.74. The number of fused-ring (bicyclic) bond motifs is 1. The van der Waals surface area contributed by atoms with Gasteiger partial charge in [0.2, 0.25) is 0 Å². The zero-order valence-electron chi connectivity index (χ0n) is 11.7. The van der Waals surface area contributed by atoms with Crippen molar-refractivity contribution in [1.82, 2.24) is 8.75 Å². The highest BCUT2D eigenvalue weighted by Gasteiger charge is 2.26. The van der Waals surface area contributed by atoms with Crippen LogP contribution in [0.25, 0.3) is 11.0 Å². The SMILES string of the molecule is CCN(c1ccc(O)cc1)S(=O)(=O)c1cccc2nsnc12. The van der Waals surface area contributed by atoms with Gasteiger partial charge in [-0.1, -0.05) is 6.07 Å². The van der Waals surface area contributed by atoms with E-state index in [1.807, 2.05) is 0 Å². The van der Waals surface area contributed by atoms with Gasteiger partial charge in [-0.05, 0) is 43.3 Å². The lowest BCUT2D eigenvalue weighted by Gasteiger charge is -2.23. The maximum absolute atomic E-state index is 13.0. The standard InChI is InChI=1S/C14H13N3O3S2/c1-2-17(10-6-8-11(18)9-7-10)22(19,20)13-5-3-4-12-14(13)16-21-15-12/h3-9,18H,2H2,1H3. The van der Waals surface area contributed by atoms with E-state index in [4.69, 9.17) is 0 Å². The van der Waals surface area contributed by atoms with Gasteiger partial charge >= 0.3 is 0 Å². The van der Waals surface area contributed by atoms with Crippen LogP contribution in [-0.2, 0) is 10.0 Å². The van der Waals surface area contributed by atoms with E-state index in [1.165, 1.54) is 22.5 Å². The van der Waals surface area contributed by atoms with Gasteiger partial charge in [-0.2, -0.15) is 8.75 Å². The lowest BCUT2D eigenvalue weighted by molar-refractivity contribution is 0.475. The number of aromatic hydroxyl groups is 1. The Hall–Kier alpha value is -2.19. The van der Waals surface area contributed by atoms with Gasteiger partial charge in [0, 0.05) is 6.54 Å². The number of sulfonamides is 1.